The molecule has 0 radical (unpaired) electrons. The molecule has 3 heterocycles. The van der Waals surface area contributed by atoms with E-state index in [4.69, 9.17) is 18.8 Å². The molecule has 0 atom stereocenters. The number of rotatable bonds is 4. The maximum atomic E-state index is 6.87. The number of fused-ring (bicyclic) bond motifs is 14. The topological polar surface area (TPSA) is 52.1 Å². The monoisotopic (exact) mass is 838 g/mol. The Morgan fingerprint density at radius 2 is 1.22 bits per heavy atom. The molecule has 4 nitrogen and oxygen atoms in total. The average molecular weight is 839 g/mol. The summed E-state index contributed by atoms with van der Waals surface area (Å²) in [5.74, 6) is 0.707. The normalized spacial score (nSPS) is 16.6. The van der Waals surface area contributed by atoms with Crippen LogP contribution in [-0.4, -0.2) is 9.97 Å². The molecule has 0 bridgehead atoms. The van der Waals surface area contributed by atoms with Crippen molar-refractivity contribution in [2.45, 2.75) is 69.6 Å². The van der Waals surface area contributed by atoms with Gasteiger partial charge >= 0.3 is 0 Å². The third kappa shape index (κ3) is 5.31. The summed E-state index contributed by atoms with van der Waals surface area (Å²) in [7, 11) is 0. The molecule has 1 fully saturated rings. The highest BCUT2D eigenvalue weighted by atomic mass is 16.3. The van der Waals surface area contributed by atoms with Crippen molar-refractivity contribution in [3.63, 3.8) is 0 Å². The van der Waals surface area contributed by atoms with E-state index in [1.54, 1.807) is 11.1 Å². The molecule has 7 aromatic carbocycles. The molecule has 10 aromatic rings. The van der Waals surface area contributed by atoms with Crippen molar-refractivity contribution in [3.05, 3.63) is 186 Å². The molecule has 14 rings (SSSR count). The number of furan rings is 2. The predicted octanol–water partition coefficient (Wildman–Crippen LogP) is 16.5. The van der Waals surface area contributed by atoms with E-state index in [1.807, 2.05) is 12.1 Å². The third-order valence-corrected chi connectivity index (χ3v) is 15.5. The molecule has 312 valence electrons. The Labute approximate surface area is 378 Å². The van der Waals surface area contributed by atoms with E-state index in [-0.39, 0.29) is 10.8 Å². The summed E-state index contributed by atoms with van der Waals surface area (Å²) in [4.78, 5) is 10.5. The van der Waals surface area contributed by atoms with Crippen molar-refractivity contribution >= 4 is 49.5 Å². The first-order chi connectivity index (χ1) is 31.9. The van der Waals surface area contributed by atoms with Gasteiger partial charge in [-0.15, -0.1) is 0 Å². The van der Waals surface area contributed by atoms with Crippen LogP contribution in [0.1, 0.15) is 86.9 Å². The van der Waals surface area contributed by atoms with Crippen LogP contribution in [0.5, 0.6) is 0 Å². The smallest absolute Gasteiger partial charge is 0.160 e. The highest BCUT2D eigenvalue weighted by Crippen LogP contribution is 2.61. The van der Waals surface area contributed by atoms with Crippen molar-refractivity contribution in [2.75, 3.05) is 0 Å². The molecule has 4 aliphatic rings. The first-order valence-corrected chi connectivity index (χ1v) is 23.5. The zero-order valence-electron chi connectivity index (χ0n) is 36.7. The first-order valence-electron chi connectivity index (χ1n) is 23.5. The molecule has 0 N–H and O–H groups in total. The van der Waals surface area contributed by atoms with Gasteiger partial charge in [-0.2, -0.15) is 0 Å². The van der Waals surface area contributed by atoms with Crippen molar-refractivity contribution < 1.29 is 8.83 Å². The number of hydrogen-bond acceptors (Lipinski definition) is 4. The third-order valence-electron chi connectivity index (χ3n) is 15.5. The zero-order valence-corrected chi connectivity index (χ0v) is 36.7. The van der Waals surface area contributed by atoms with Crippen LogP contribution in [0.2, 0.25) is 0 Å². The summed E-state index contributed by atoms with van der Waals surface area (Å²) >= 11 is 0. The van der Waals surface area contributed by atoms with Gasteiger partial charge in [0, 0.05) is 49.1 Å². The Balaban J connectivity index is 0.913. The van der Waals surface area contributed by atoms with Gasteiger partial charge in [0.2, 0.25) is 0 Å². The van der Waals surface area contributed by atoms with E-state index in [9.17, 15) is 0 Å². The van der Waals surface area contributed by atoms with Crippen molar-refractivity contribution in [3.8, 4) is 55.9 Å². The minimum atomic E-state index is -0.134. The van der Waals surface area contributed by atoms with Gasteiger partial charge in [-0.3, -0.25) is 0 Å². The number of benzene rings is 7. The van der Waals surface area contributed by atoms with E-state index in [0.29, 0.717) is 5.82 Å². The molecule has 1 spiro atoms. The fraction of sp³-hybridized carbons (Fsp3) is 0.180. The summed E-state index contributed by atoms with van der Waals surface area (Å²) in [6.07, 6.45) is 14.9. The fourth-order valence-corrected chi connectivity index (χ4v) is 12.4. The quantitative estimate of drug-likeness (QED) is 0.177. The van der Waals surface area contributed by atoms with Crippen LogP contribution in [0.25, 0.3) is 105 Å². The summed E-state index contributed by atoms with van der Waals surface area (Å²) < 4.78 is 13.2. The van der Waals surface area contributed by atoms with Crippen LogP contribution in [0, 0.1) is 0 Å². The van der Waals surface area contributed by atoms with Crippen LogP contribution in [-0.2, 0) is 10.8 Å². The van der Waals surface area contributed by atoms with E-state index in [2.05, 4.69) is 159 Å². The first kappa shape index (κ1) is 37.1. The lowest BCUT2D eigenvalue weighted by Gasteiger charge is -2.36. The van der Waals surface area contributed by atoms with Gasteiger partial charge in [0.05, 0.1) is 11.4 Å². The number of nitrogens with zero attached hydrogens (tertiary/aromatic N) is 2. The maximum Gasteiger partial charge on any atom is 0.160 e. The molecule has 0 saturated heterocycles. The lowest BCUT2D eigenvalue weighted by molar-refractivity contribution is 0.353. The Morgan fingerprint density at radius 3 is 2.12 bits per heavy atom. The Morgan fingerprint density at radius 1 is 0.477 bits per heavy atom. The molecule has 4 heteroatoms. The molecule has 3 aromatic heterocycles. The molecule has 0 aliphatic heterocycles. The summed E-state index contributed by atoms with van der Waals surface area (Å²) in [5.41, 5.74) is 22.1. The highest BCUT2D eigenvalue weighted by Gasteiger charge is 2.46. The second-order valence-corrected chi connectivity index (χ2v) is 19.4. The molecule has 1 saturated carbocycles. The van der Waals surface area contributed by atoms with Gasteiger partial charge in [-0.05, 0) is 136 Å². The van der Waals surface area contributed by atoms with E-state index >= 15 is 0 Å². The van der Waals surface area contributed by atoms with Gasteiger partial charge in [0.25, 0.3) is 0 Å². The van der Waals surface area contributed by atoms with Gasteiger partial charge in [-0.1, -0.05) is 136 Å². The summed E-state index contributed by atoms with van der Waals surface area (Å²) in [6, 6.07) is 51.4. The second-order valence-electron chi connectivity index (χ2n) is 19.4. The Hall–Kier alpha value is -7.30. The molecule has 0 unspecified atom stereocenters. The maximum absolute atomic E-state index is 6.87. The van der Waals surface area contributed by atoms with Crippen molar-refractivity contribution in [1.29, 1.82) is 0 Å². The van der Waals surface area contributed by atoms with Gasteiger partial charge in [-0.25, -0.2) is 9.97 Å². The Bertz CT molecular complexity index is 3740. The zero-order chi connectivity index (χ0) is 43.0. The number of para-hydroxylation sites is 2. The predicted molar refractivity (Wildman–Crippen MR) is 266 cm³/mol. The van der Waals surface area contributed by atoms with Crippen LogP contribution in [0.4, 0.5) is 0 Å². The van der Waals surface area contributed by atoms with E-state index < -0.39 is 0 Å². The van der Waals surface area contributed by atoms with Gasteiger partial charge in [0.1, 0.15) is 22.3 Å². The molecular weight excluding hydrogens is 793 g/mol. The van der Waals surface area contributed by atoms with E-state index in [0.717, 1.165) is 84.8 Å². The number of hydrogen-bond donors (Lipinski definition) is 0. The summed E-state index contributed by atoms with van der Waals surface area (Å²) in [6.45, 7) is 4.84. The fourth-order valence-electron chi connectivity index (χ4n) is 12.4. The lowest BCUT2D eigenvalue weighted by atomic mass is 9.67. The van der Waals surface area contributed by atoms with Gasteiger partial charge in [0.15, 0.2) is 5.82 Å². The van der Waals surface area contributed by atoms with Crippen molar-refractivity contribution in [1.82, 2.24) is 9.97 Å². The standard InChI is InChI=1S/C61H46N2O2/c1-60(2)49-23-14-19-39(57(49)47-34-51-45(33-50(47)60)40-17-7-9-22-48(40)61(51)29-11-4-12-30-61)37-26-28-55-46(31-37)43-20-13-21-44(58(43)65-55)53-35-52(62-59(63-53)36-15-5-3-6-16-36)38-25-27-42-41-18-8-10-24-54(41)64-56(42)32-38/h5,7-10,13-28,31-35H,3-4,6,11-12,29-30H2,1-2H3. The average Bonchev–Trinajstić information content (AvgIpc) is 4.06. The van der Waals surface area contributed by atoms with Crippen LogP contribution in [0.15, 0.2) is 167 Å². The molecule has 4 aliphatic carbocycles. The second kappa shape index (κ2) is 13.6. The molecular formula is C61H46N2O2. The molecule has 65 heavy (non-hydrogen) atoms. The largest absolute Gasteiger partial charge is 0.456 e. The number of allylic oxidation sites excluding steroid dienone is 4. The lowest BCUT2D eigenvalue weighted by Crippen LogP contribution is -2.28. The molecule has 0 amide bonds. The van der Waals surface area contributed by atoms with E-state index in [1.165, 1.54) is 76.6 Å². The van der Waals surface area contributed by atoms with Crippen LogP contribution < -0.4 is 0 Å². The minimum Gasteiger partial charge on any atom is -0.456 e. The summed E-state index contributed by atoms with van der Waals surface area (Å²) in [5, 5.41) is 4.38. The number of aromatic nitrogens is 2. The SMILES string of the molecule is CC1(C)c2cc3c(cc2-c2c(-c4ccc5oc6c(-c7cc(-c8ccc9c(c8)oc8ccccc89)nc(C8=CCCC=C8)n7)cccc6c5c4)cccc21)C1(CCCCC1)c1ccccc1-3. The van der Waals surface area contributed by atoms with Crippen LogP contribution in [0.3, 0.4) is 0 Å². The van der Waals surface area contributed by atoms with Gasteiger partial charge < -0.3 is 8.83 Å². The highest BCUT2D eigenvalue weighted by molar-refractivity contribution is 6.11. The Kier molecular flexibility index (Phi) is 7.77. The van der Waals surface area contributed by atoms with Crippen molar-refractivity contribution in [2.24, 2.45) is 0 Å². The minimum absolute atomic E-state index is 0.102. The van der Waals surface area contributed by atoms with Crippen LogP contribution >= 0.6 is 0 Å².